The molecule has 0 radical (unpaired) electrons. The lowest BCUT2D eigenvalue weighted by molar-refractivity contribution is 0.0895. The summed E-state index contributed by atoms with van der Waals surface area (Å²) < 4.78 is 0. The number of carbonyl (C=O) groups is 1. The van der Waals surface area contributed by atoms with Crippen molar-refractivity contribution in [3.05, 3.63) is 59.8 Å². The highest BCUT2D eigenvalue weighted by molar-refractivity contribution is 5.94. The molecule has 0 aliphatic rings. The van der Waals surface area contributed by atoms with Crippen LogP contribution in [0.25, 0.3) is 0 Å². The molecule has 0 bridgehead atoms. The van der Waals surface area contributed by atoms with Gasteiger partial charge in [0.2, 0.25) is 0 Å². The maximum absolute atomic E-state index is 12.3. The lowest BCUT2D eigenvalue weighted by atomic mass is 9.84. The number of carbonyl (C=O) groups excluding carboxylic acids is 1. The average molecular weight is 327 g/mol. The molecule has 0 fully saturated rings. The van der Waals surface area contributed by atoms with Gasteiger partial charge in [0.1, 0.15) is 5.82 Å². The van der Waals surface area contributed by atoms with E-state index in [2.05, 4.69) is 10.3 Å². The monoisotopic (exact) mass is 327 g/mol. The van der Waals surface area contributed by atoms with E-state index in [9.17, 15) is 9.90 Å². The number of nitrogens with one attached hydrogen (secondary N) is 1. The predicted molar refractivity (Wildman–Crippen MR) is 96.2 cm³/mol. The molecule has 2 aromatic rings. The third-order valence-corrected chi connectivity index (χ3v) is 4.00. The van der Waals surface area contributed by atoms with Crippen LogP contribution in [0.5, 0.6) is 0 Å². The normalized spacial score (nSPS) is 13.2. The van der Waals surface area contributed by atoms with Crippen molar-refractivity contribution >= 4 is 11.7 Å². The Hall–Kier alpha value is -2.40. The quantitative estimate of drug-likeness (QED) is 0.817. The average Bonchev–Trinajstić information content (AvgIpc) is 2.60. The van der Waals surface area contributed by atoms with E-state index >= 15 is 0 Å². The van der Waals surface area contributed by atoms with E-state index in [4.69, 9.17) is 0 Å². The van der Waals surface area contributed by atoms with Gasteiger partial charge in [-0.2, -0.15) is 0 Å². The van der Waals surface area contributed by atoms with Crippen LogP contribution in [0.3, 0.4) is 0 Å². The maximum Gasteiger partial charge on any atom is 0.252 e. The summed E-state index contributed by atoms with van der Waals surface area (Å²) in [5.41, 5.74) is 1.24. The molecule has 2 N–H and O–H groups in total. The fraction of sp³-hybridized carbons (Fsp3) is 0.368. The third kappa shape index (κ3) is 4.80. The standard InChI is InChI=1S/C19H25N3O2/c1-19(14-23,11-15-7-5-4-6-8-15)13-21-18(24)16-9-10-17(20-12-16)22(2)3/h4-10,12,23H,11,13-14H2,1-3H3,(H,21,24). The number of rotatable bonds is 7. The Morgan fingerprint density at radius 2 is 1.92 bits per heavy atom. The minimum Gasteiger partial charge on any atom is -0.396 e. The molecule has 1 heterocycles. The minimum absolute atomic E-state index is 0.00000839. The summed E-state index contributed by atoms with van der Waals surface area (Å²) in [6.45, 7) is 2.36. The van der Waals surface area contributed by atoms with Gasteiger partial charge < -0.3 is 15.3 Å². The van der Waals surface area contributed by atoms with Crippen molar-refractivity contribution < 1.29 is 9.90 Å². The van der Waals surface area contributed by atoms with Crippen molar-refractivity contribution in [2.75, 3.05) is 32.1 Å². The van der Waals surface area contributed by atoms with Gasteiger partial charge in [-0.3, -0.25) is 4.79 Å². The molecule has 0 saturated carbocycles. The van der Waals surface area contributed by atoms with Gasteiger partial charge in [-0.25, -0.2) is 4.98 Å². The van der Waals surface area contributed by atoms with Gasteiger partial charge in [0.25, 0.3) is 5.91 Å². The molecule has 1 unspecified atom stereocenters. The number of benzene rings is 1. The highest BCUT2D eigenvalue weighted by Crippen LogP contribution is 2.21. The Balaban J connectivity index is 1.97. The first-order valence-electron chi connectivity index (χ1n) is 8.00. The smallest absolute Gasteiger partial charge is 0.252 e. The number of amides is 1. The van der Waals surface area contributed by atoms with E-state index in [0.29, 0.717) is 18.5 Å². The van der Waals surface area contributed by atoms with E-state index in [1.807, 2.05) is 62.3 Å². The SMILES string of the molecule is CN(C)c1ccc(C(=O)NCC(C)(CO)Cc2ccccc2)cn1. The number of aliphatic hydroxyl groups is 1. The van der Waals surface area contributed by atoms with Gasteiger partial charge in [0.15, 0.2) is 0 Å². The number of aromatic nitrogens is 1. The van der Waals surface area contributed by atoms with Gasteiger partial charge in [-0.15, -0.1) is 0 Å². The van der Waals surface area contributed by atoms with Crippen molar-refractivity contribution in [3.8, 4) is 0 Å². The van der Waals surface area contributed by atoms with Gasteiger partial charge >= 0.3 is 0 Å². The maximum atomic E-state index is 12.3. The Labute approximate surface area is 143 Å². The van der Waals surface area contributed by atoms with Gasteiger partial charge in [0.05, 0.1) is 12.2 Å². The van der Waals surface area contributed by atoms with Gasteiger partial charge in [0, 0.05) is 32.3 Å². The number of anilines is 1. The number of hydrogen-bond acceptors (Lipinski definition) is 4. The second-order valence-corrected chi connectivity index (χ2v) is 6.61. The van der Waals surface area contributed by atoms with Crippen LogP contribution in [0.15, 0.2) is 48.7 Å². The zero-order chi connectivity index (χ0) is 17.6. The van der Waals surface area contributed by atoms with Crippen LogP contribution in [0, 0.1) is 5.41 Å². The molecular formula is C19H25N3O2. The Morgan fingerprint density at radius 3 is 2.46 bits per heavy atom. The summed E-state index contributed by atoms with van der Waals surface area (Å²) in [5, 5.41) is 12.7. The van der Waals surface area contributed by atoms with E-state index in [1.54, 1.807) is 12.3 Å². The molecule has 128 valence electrons. The summed E-state index contributed by atoms with van der Waals surface area (Å²) in [6.07, 6.45) is 2.26. The molecule has 5 heteroatoms. The zero-order valence-corrected chi connectivity index (χ0v) is 14.5. The van der Waals surface area contributed by atoms with Crippen LogP contribution in [0.4, 0.5) is 5.82 Å². The highest BCUT2D eigenvalue weighted by atomic mass is 16.3. The fourth-order valence-electron chi connectivity index (χ4n) is 2.44. The van der Waals surface area contributed by atoms with Crippen molar-refractivity contribution in [2.45, 2.75) is 13.3 Å². The van der Waals surface area contributed by atoms with Crippen LogP contribution < -0.4 is 10.2 Å². The van der Waals surface area contributed by atoms with Gasteiger partial charge in [-0.1, -0.05) is 37.3 Å². The van der Waals surface area contributed by atoms with Crippen molar-refractivity contribution in [1.29, 1.82) is 0 Å². The lowest BCUT2D eigenvalue weighted by Crippen LogP contribution is -2.39. The first-order valence-corrected chi connectivity index (χ1v) is 8.00. The molecule has 0 aliphatic heterocycles. The third-order valence-electron chi connectivity index (χ3n) is 4.00. The molecule has 0 spiro atoms. The van der Waals surface area contributed by atoms with E-state index in [0.717, 1.165) is 11.4 Å². The molecule has 24 heavy (non-hydrogen) atoms. The number of aliphatic hydroxyl groups excluding tert-OH is 1. The molecule has 2 rings (SSSR count). The van der Waals surface area contributed by atoms with Gasteiger partial charge in [-0.05, 0) is 24.1 Å². The molecule has 1 aromatic heterocycles. The summed E-state index contributed by atoms with van der Waals surface area (Å²) in [5.74, 6) is 0.622. The Morgan fingerprint density at radius 1 is 1.21 bits per heavy atom. The minimum atomic E-state index is -0.409. The molecule has 1 amide bonds. The lowest BCUT2D eigenvalue weighted by Gasteiger charge is -2.27. The van der Waals surface area contributed by atoms with Crippen molar-refractivity contribution in [2.24, 2.45) is 5.41 Å². The summed E-state index contributed by atoms with van der Waals surface area (Å²) in [6, 6.07) is 13.5. The Bertz CT molecular complexity index is 656. The predicted octanol–water partition coefficient (Wildman–Crippen LogP) is 2.12. The van der Waals surface area contributed by atoms with Crippen LogP contribution in [0.1, 0.15) is 22.8 Å². The first kappa shape index (κ1) is 17.9. The van der Waals surface area contributed by atoms with E-state index < -0.39 is 5.41 Å². The van der Waals surface area contributed by atoms with E-state index in [-0.39, 0.29) is 12.5 Å². The second-order valence-electron chi connectivity index (χ2n) is 6.61. The van der Waals surface area contributed by atoms with Crippen molar-refractivity contribution in [3.63, 3.8) is 0 Å². The Kier molecular flexibility index (Phi) is 5.93. The molecule has 0 saturated heterocycles. The second kappa shape index (κ2) is 7.93. The highest BCUT2D eigenvalue weighted by Gasteiger charge is 2.25. The molecule has 0 aliphatic carbocycles. The largest absolute Gasteiger partial charge is 0.396 e. The van der Waals surface area contributed by atoms with E-state index in [1.165, 1.54) is 0 Å². The topological polar surface area (TPSA) is 65.5 Å². The first-order chi connectivity index (χ1) is 11.4. The summed E-state index contributed by atoms with van der Waals surface area (Å²) in [7, 11) is 3.80. The van der Waals surface area contributed by atoms with Crippen molar-refractivity contribution in [1.82, 2.24) is 10.3 Å². The number of pyridine rings is 1. The molecule has 5 nitrogen and oxygen atoms in total. The van der Waals surface area contributed by atoms with Crippen LogP contribution in [-0.2, 0) is 6.42 Å². The number of hydrogen-bond donors (Lipinski definition) is 2. The molecule has 1 atom stereocenters. The number of nitrogens with zero attached hydrogens (tertiary/aromatic N) is 2. The van der Waals surface area contributed by atoms with Crippen LogP contribution in [-0.4, -0.2) is 43.2 Å². The fourth-order valence-corrected chi connectivity index (χ4v) is 2.44. The molecule has 1 aromatic carbocycles. The van der Waals surface area contributed by atoms with Crippen LogP contribution in [0.2, 0.25) is 0 Å². The molecular weight excluding hydrogens is 302 g/mol. The summed E-state index contributed by atoms with van der Waals surface area (Å²) >= 11 is 0. The van der Waals surface area contributed by atoms with Crippen LogP contribution >= 0.6 is 0 Å². The zero-order valence-electron chi connectivity index (χ0n) is 14.5. The summed E-state index contributed by atoms with van der Waals surface area (Å²) in [4.78, 5) is 18.4.